The first-order valence-electron chi connectivity index (χ1n) is 8.78. The van der Waals surface area contributed by atoms with Crippen LogP contribution in [0, 0.1) is 5.92 Å². The van der Waals surface area contributed by atoms with E-state index < -0.39 is 31.1 Å². The molecule has 0 spiro atoms. The van der Waals surface area contributed by atoms with Gasteiger partial charge in [-0.05, 0) is 37.5 Å². The molecule has 9 nitrogen and oxygen atoms in total. The average molecular weight is 394 g/mol. The van der Waals surface area contributed by atoms with E-state index in [9.17, 15) is 19.2 Å². The van der Waals surface area contributed by atoms with Crippen molar-refractivity contribution in [1.29, 1.82) is 0 Å². The summed E-state index contributed by atoms with van der Waals surface area (Å²) in [6, 6.07) is 3.88. The molecule has 1 aromatic rings. The number of hydrogen-bond acceptors (Lipinski definition) is 7. The predicted octanol–water partition coefficient (Wildman–Crippen LogP) is 1.69. The summed E-state index contributed by atoms with van der Waals surface area (Å²) >= 11 is 0. The first-order chi connectivity index (χ1) is 13.2. The molecule has 1 aromatic carbocycles. The lowest BCUT2D eigenvalue weighted by molar-refractivity contribution is -0.150. The van der Waals surface area contributed by atoms with Gasteiger partial charge >= 0.3 is 12.0 Å². The summed E-state index contributed by atoms with van der Waals surface area (Å²) in [5.41, 5.74) is 0.440. The molecule has 0 unspecified atom stereocenters. The molecular weight excluding hydrogens is 368 g/mol. The lowest BCUT2D eigenvalue weighted by Gasteiger charge is -2.11. The molecule has 28 heavy (non-hydrogen) atoms. The van der Waals surface area contributed by atoms with Crippen molar-refractivity contribution >= 4 is 23.7 Å². The fourth-order valence-electron chi connectivity index (χ4n) is 2.01. The Hall–Kier alpha value is -3.10. The van der Waals surface area contributed by atoms with Gasteiger partial charge in [0.15, 0.2) is 30.5 Å². The van der Waals surface area contributed by atoms with Crippen LogP contribution in [-0.2, 0) is 14.3 Å². The molecule has 0 aliphatic carbocycles. The van der Waals surface area contributed by atoms with Crippen LogP contribution in [0.1, 0.15) is 37.6 Å². The SMILES string of the molecule is COc1cc(C(C)=O)ccc1OCC(=O)OCC(=O)NC(=O)NCCC(C)C. The van der Waals surface area contributed by atoms with Gasteiger partial charge in [0.25, 0.3) is 5.91 Å². The van der Waals surface area contributed by atoms with Gasteiger partial charge in [-0.25, -0.2) is 9.59 Å². The number of urea groups is 1. The first-order valence-corrected chi connectivity index (χ1v) is 8.78. The van der Waals surface area contributed by atoms with Crippen molar-refractivity contribution in [3.8, 4) is 11.5 Å². The van der Waals surface area contributed by atoms with Crippen molar-refractivity contribution in [3.05, 3.63) is 23.8 Å². The quantitative estimate of drug-likeness (QED) is 0.458. The minimum atomic E-state index is -0.798. The Morgan fingerprint density at radius 3 is 2.39 bits per heavy atom. The highest BCUT2D eigenvalue weighted by molar-refractivity contribution is 5.95. The number of nitrogens with one attached hydrogen (secondary N) is 2. The fourth-order valence-corrected chi connectivity index (χ4v) is 2.01. The zero-order valence-corrected chi connectivity index (χ0v) is 16.5. The van der Waals surface area contributed by atoms with E-state index in [1.807, 2.05) is 13.8 Å². The van der Waals surface area contributed by atoms with E-state index in [1.165, 1.54) is 32.2 Å². The highest BCUT2D eigenvalue weighted by Gasteiger charge is 2.13. The number of esters is 1. The molecule has 0 aromatic heterocycles. The van der Waals surface area contributed by atoms with E-state index >= 15 is 0 Å². The van der Waals surface area contributed by atoms with Gasteiger partial charge in [-0.15, -0.1) is 0 Å². The third kappa shape index (κ3) is 8.52. The van der Waals surface area contributed by atoms with Crippen molar-refractivity contribution in [2.45, 2.75) is 27.2 Å². The van der Waals surface area contributed by atoms with Crippen LogP contribution in [-0.4, -0.2) is 50.6 Å². The van der Waals surface area contributed by atoms with Crippen LogP contribution in [0.2, 0.25) is 0 Å². The Morgan fingerprint density at radius 2 is 1.79 bits per heavy atom. The number of carbonyl (C=O) groups is 4. The maximum atomic E-state index is 11.7. The molecule has 3 amide bonds. The van der Waals surface area contributed by atoms with Gasteiger partial charge in [-0.2, -0.15) is 0 Å². The second-order valence-corrected chi connectivity index (χ2v) is 6.36. The average Bonchev–Trinajstić information content (AvgIpc) is 2.64. The summed E-state index contributed by atoms with van der Waals surface area (Å²) in [7, 11) is 1.40. The van der Waals surface area contributed by atoms with E-state index in [-0.39, 0.29) is 17.3 Å². The number of ketones is 1. The first kappa shape index (κ1) is 22.9. The van der Waals surface area contributed by atoms with Crippen molar-refractivity contribution in [2.75, 3.05) is 26.9 Å². The number of Topliss-reactive ketones (excluding diaryl/α,β-unsaturated/α-hetero) is 1. The third-order valence-electron chi connectivity index (χ3n) is 3.54. The summed E-state index contributed by atoms with van der Waals surface area (Å²) in [4.78, 5) is 46.2. The van der Waals surface area contributed by atoms with Gasteiger partial charge in [0.05, 0.1) is 7.11 Å². The van der Waals surface area contributed by atoms with Crippen LogP contribution in [0.25, 0.3) is 0 Å². The van der Waals surface area contributed by atoms with Crippen molar-refractivity contribution < 1.29 is 33.4 Å². The number of methoxy groups -OCH3 is 1. The zero-order chi connectivity index (χ0) is 21.1. The normalized spacial score (nSPS) is 10.2. The van der Waals surface area contributed by atoms with Crippen molar-refractivity contribution in [2.24, 2.45) is 5.92 Å². The monoisotopic (exact) mass is 394 g/mol. The fraction of sp³-hybridized carbons (Fsp3) is 0.474. The lowest BCUT2D eigenvalue weighted by atomic mass is 10.1. The molecule has 0 fully saturated rings. The van der Waals surface area contributed by atoms with E-state index in [1.54, 1.807) is 0 Å². The Bertz CT molecular complexity index is 716. The van der Waals surface area contributed by atoms with E-state index in [0.29, 0.717) is 18.0 Å². The maximum Gasteiger partial charge on any atom is 0.344 e. The summed E-state index contributed by atoms with van der Waals surface area (Å²) in [6.07, 6.45) is 0.783. The summed E-state index contributed by atoms with van der Waals surface area (Å²) in [5, 5.41) is 4.59. The van der Waals surface area contributed by atoms with Crippen LogP contribution in [0.4, 0.5) is 4.79 Å². The molecule has 0 heterocycles. The molecule has 1 rings (SSSR count). The number of carbonyl (C=O) groups excluding carboxylic acids is 4. The Labute approximate surface area is 163 Å². The second kappa shape index (κ2) is 11.6. The van der Waals surface area contributed by atoms with Gasteiger partial charge in [-0.1, -0.05) is 13.8 Å². The molecule has 0 radical (unpaired) electrons. The number of imide groups is 1. The predicted molar refractivity (Wildman–Crippen MR) is 100 cm³/mol. The Morgan fingerprint density at radius 1 is 1.07 bits per heavy atom. The van der Waals surface area contributed by atoms with Crippen LogP contribution in [0.15, 0.2) is 18.2 Å². The van der Waals surface area contributed by atoms with Crippen LogP contribution >= 0.6 is 0 Å². The Balaban J connectivity index is 2.38. The summed E-state index contributed by atoms with van der Waals surface area (Å²) in [5.74, 6) is -0.723. The number of rotatable bonds is 10. The van der Waals surface area contributed by atoms with Gasteiger partial charge in [0.1, 0.15) is 0 Å². The highest BCUT2D eigenvalue weighted by Crippen LogP contribution is 2.28. The molecule has 0 saturated heterocycles. The van der Waals surface area contributed by atoms with Gasteiger partial charge in [0.2, 0.25) is 0 Å². The zero-order valence-electron chi connectivity index (χ0n) is 16.5. The largest absolute Gasteiger partial charge is 0.493 e. The lowest BCUT2D eigenvalue weighted by Crippen LogP contribution is -2.42. The van der Waals surface area contributed by atoms with Gasteiger partial charge < -0.3 is 19.5 Å². The minimum absolute atomic E-state index is 0.136. The summed E-state index contributed by atoms with van der Waals surface area (Å²) < 4.78 is 15.2. The van der Waals surface area contributed by atoms with E-state index in [0.717, 1.165) is 6.42 Å². The van der Waals surface area contributed by atoms with Gasteiger partial charge in [0, 0.05) is 12.1 Å². The molecule has 154 valence electrons. The number of ether oxygens (including phenoxy) is 3. The smallest absolute Gasteiger partial charge is 0.344 e. The number of amides is 3. The molecule has 0 bridgehead atoms. The number of hydrogen-bond donors (Lipinski definition) is 2. The molecule has 0 saturated carbocycles. The molecule has 0 aliphatic heterocycles. The molecule has 0 atom stereocenters. The van der Waals surface area contributed by atoms with Crippen LogP contribution in [0.3, 0.4) is 0 Å². The topological polar surface area (TPSA) is 120 Å². The number of benzene rings is 1. The van der Waals surface area contributed by atoms with Crippen LogP contribution < -0.4 is 20.1 Å². The minimum Gasteiger partial charge on any atom is -0.493 e. The van der Waals surface area contributed by atoms with Gasteiger partial charge in [-0.3, -0.25) is 14.9 Å². The second-order valence-electron chi connectivity index (χ2n) is 6.36. The maximum absolute atomic E-state index is 11.7. The standard InChI is InChI=1S/C19H26N2O7/c1-12(2)7-8-20-19(25)21-17(23)10-28-18(24)11-27-15-6-5-14(13(3)22)9-16(15)26-4/h5-6,9,12H,7-8,10-11H2,1-4H3,(H2,20,21,23,25). The molecule has 2 N–H and O–H groups in total. The van der Waals surface area contributed by atoms with Crippen molar-refractivity contribution in [3.63, 3.8) is 0 Å². The van der Waals surface area contributed by atoms with Crippen molar-refractivity contribution in [1.82, 2.24) is 10.6 Å². The highest BCUT2D eigenvalue weighted by atomic mass is 16.6. The Kier molecular flexibility index (Phi) is 9.49. The molecule has 9 heteroatoms. The summed E-state index contributed by atoms with van der Waals surface area (Å²) in [6.45, 7) is 4.81. The van der Waals surface area contributed by atoms with Crippen LogP contribution in [0.5, 0.6) is 11.5 Å². The molecular formula is C19H26N2O7. The van der Waals surface area contributed by atoms with E-state index in [2.05, 4.69) is 10.6 Å². The third-order valence-corrected chi connectivity index (χ3v) is 3.54. The molecule has 0 aliphatic rings. The van der Waals surface area contributed by atoms with E-state index in [4.69, 9.17) is 14.2 Å².